The summed E-state index contributed by atoms with van der Waals surface area (Å²) in [6.45, 7) is 0. The fourth-order valence-electron chi connectivity index (χ4n) is 2.39. The molecule has 2 nitrogen and oxygen atoms in total. The maximum atomic E-state index is 10.7. The first-order chi connectivity index (χ1) is 12.1. The maximum Gasteiger partial charge on any atom is 0.303 e. The van der Waals surface area contributed by atoms with Gasteiger partial charge in [0.2, 0.25) is 0 Å². The van der Waals surface area contributed by atoms with Gasteiger partial charge in [-0.1, -0.05) is 76.5 Å². The molecule has 0 amide bonds. The normalized spacial score (nSPS) is 12.6. The van der Waals surface area contributed by atoms with E-state index in [1.807, 2.05) is 53.3 Å². The quantitative estimate of drug-likeness (QED) is 0.389. The Bertz CT molecular complexity index is 649. The molecule has 1 atom stereocenters. The Morgan fingerprint density at radius 2 is 1.79 bits per heavy atom. The van der Waals surface area contributed by atoms with Crippen LogP contribution in [0.1, 0.15) is 39.0 Å². The van der Waals surface area contributed by atoms with E-state index in [9.17, 15) is 4.79 Å². The largest absolute Gasteiger partial charge is 0.481 e. The van der Waals surface area contributed by atoms with E-state index < -0.39 is 5.97 Å². The van der Waals surface area contributed by atoms with E-state index in [0.717, 1.165) is 37.7 Å². The van der Waals surface area contributed by atoms with Crippen LogP contribution in [0.3, 0.4) is 0 Å². The second-order valence-electron chi connectivity index (χ2n) is 5.68. The van der Waals surface area contributed by atoms with Crippen molar-refractivity contribution < 1.29 is 11.3 Å². The monoisotopic (exact) mass is 362 g/mol. The van der Waals surface area contributed by atoms with Crippen LogP contribution in [0.5, 0.6) is 0 Å². The van der Waals surface area contributed by atoms with Gasteiger partial charge in [-0.3, -0.25) is 4.79 Å². The minimum Gasteiger partial charge on any atom is -0.481 e. The van der Waals surface area contributed by atoms with Gasteiger partial charge in [-0.25, -0.2) is 0 Å². The lowest BCUT2D eigenvalue weighted by Gasteiger charge is -2.16. The second kappa shape index (κ2) is 11.2. The number of aryl methyl sites for hydroxylation is 1. The first kappa shape index (κ1) is 17.4. The lowest BCUT2D eigenvalue weighted by Crippen LogP contribution is -2.04. The molecule has 1 unspecified atom stereocenters. The summed E-state index contributed by atoms with van der Waals surface area (Å²) in [5.74, 6) is -0.717. The Morgan fingerprint density at radius 1 is 1.04 bits per heavy atom. The minimum absolute atomic E-state index is 0.249. The van der Waals surface area contributed by atoms with E-state index in [0.29, 0.717) is 11.3 Å². The SMILES string of the molecule is [3H]c1ccccc1CCC(CCCCC(=O)O)SSc1ccccc1. The number of hydrogen-bond donors (Lipinski definition) is 1. The molecule has 128 valence electrons. The zero-order valence-corrected chi connectivity index (χ0v) is 15.3. The van der Waals surface area contributed by atoms with Crippen LogP contribution in [0.25, 0.3) is 0 Å². The number of rotatable bonds is 11. The molecule has 1 N–H and O–H groups in total. The van der Waals surface area contributed by atoms with Crippen LogP contribution in [-0.4, -0.2) is 16.3 Å². The van der Waals surface area contributed by atoms with E-state index in [1.54, 1.807) is 10.8 Å². The molecule has 0 radical (unpaired) electrons. The summed E-state index contributed by atoms with van der Waals surface area (Å²) >= 11 is 0. The average Bonchev–Trinajstić information content (AvgIpc) is 2.62. The molecule has 2 aromatic rings. The van der Waals surface area contributed by atoms with Gasteiger partial charge in [0.1, 0.15) is 0 Å². The van der Waals surface area contributed by atoms with Crippen molar-refractivity contribution in [1.29, 1.82) is 0 Å². The Labute approximate surface area is 153 Å². The number of carbonyl (C=O) groups is 1. The molecular weight excluding hydrogens is 336 g/mol. The van der Waals surface area contributed by atoms with Crippen molar-refractivity contribution in [3.8, 4) is 0 Å². The Balaban J connectivity index is 1.86. The van der Waals surface area contributed by atoms with Gasteiger partial charge in [-0.2, -0.15) is 0 Å². The number of hydrogen-bond acceptors (Lipinski definition) is 3. The smallest absolute Gasteiger partial charge is 0.303 e. The first-order valence-corrected chi connectivity index (χ1v) is 10.5. The van der Waals surface area contributed by atoms with Crippen molar-refractivity contribution in [1.82, 2.24) is 0 Å². The third kappa shape index (κ3) is 7.93. The molecular formula is C20H24O2S2. The summed E-state index contributed by atoms with van der Waals surface area (Å²) in [5.41, 5.74) is 1.09. The van der Waals surface area contributed by atoms with Gasteiger partial charge in [0.25, 0.3) is 0 Å². The molecule has 2 aromatic carbocycles. The lowest BCUT2D eigenvalue weighted by molar-refractivity contribution is -0.137. The zero-order valence-electron chi connectivity index (χ0n) is 14.7. The molecule has 0 saturated heterocycles. The third-order valence-corrected chi connectivity index (χ3v) is 6.69. The first-order valence-electron chi connectivity index (χ1n) is 8.80. The van der Waals surface area contributed by atoms with Crippen LogP contribution in [0, 0.1) is 0 Å². The fraction of sp³-hybridized carbons (Fsp3) is 0.350. The predicted octanol–water partition coefficient (Wildman–Crippen LogP) is 6.07. The van der Waals surface area contributed by atoms with Gasteiger partial charge in [0.05, 0.1) is 1.37 Å². The Morgan fingerprint density at radius 3 is 2.54 bits per heavy atom. The highest BCUT2D eigenvalue weighted by Gasteiger charge is 2.11. The molecule has 2 rings (SSSR count). The Kier molecular flexibility index (Phi) is 8.15. The number of benzene rings is 2. The summed E-state index contributed by atoms with van der Waals surface area (Å²) in [6.07, 6.45) is 4.83. The molecule has 0 aliphatic rings. The summed E-state index contributed by atoms with van der Waals surface area (Å²) in [5, 5.41) is 9.24. The standard InChI is InChI=1S/C20H24O2S2/c21-20(22)14-8-7-13-19(16-15-17-9-3-1-4-10-17)24-23-18-11-5-2-6-12-18/h1-6,9-12,19H,7-8,13-16H2,(H,21,22)/i9T. The van der Waals surface area contributed by atoms with Gasteiger partial charge < -0.3 is 5.11 Å². The minimum atomic E-state index is -0.717. The molecule has 0 aliphatic carbocycles. The lowest BCUT2D eigenvalue weighted by atomic mass is 10.0. The summed E-state index contributed by atoms with van der Waals surface area (Å²) in [6, 6.07) is 18.7. The molecule has 0 aliphatic heterocycles. The van der Waals surface area contributed by atoms with Crippen molar-refractivity contribution in [2.24, 2.45) is 0 Å². The molecule has 0 bridgehead atoms. The molecule has 0 spiro atoms. The van der Waals surface area contributed by atoms with Crippen LogP contribution in [0.2, 0.25) is 0 Å². The second-order valence-corrected chi connectivity index (χ2v) is 8.26. The Hall–Kier alpha value is -1.39. The highest BCUT2D eigenvalue weighted by molar-refractivity contribution is 8.76. The number of carboxylic acid groups (broad SMARTS) is 1. The van der Waals surface area contributed by atoms with Gasteiger partial charge in [0.15, 0.2) is 0 Å². The van der Waals surface area contributed by atoms with Gasteiger partial charge >= 0.3 is 5.97 Å². The molecule has 0 heterocycles. The van der Waals surface area contributed by atoms with Gasteiger partial charge in [-0.15, -0.1) is 0 Å². The summed E-state index contributed by atoms with van der Waals surface area (Å²) in [4.78, 5) is 11.9. The summed E-state index contributed by atoms with van der Waals surface area (Å²) < 4.78 is 7.99. The van der Waals surface area contributed by atoms with Crippen LogP contribution in [0.15, 0.2) is 65.5 Å². The molecule has 0 fully saturated rings. The topological polar surface area (TPSA) is 37.3 Å². The van der Waals surface area contributed by atoms with E-state index in [1.165, 1.54) is 4.90 Å². The van der Waals surface area contributed by atoms with E-state index in [-0.39, 0.29) is 6.42 Å². The van der Waals surface area contributed by atoms with Crippen molar-refractivity contribution in [3.63, 3.8) is 0 Å². The number of carboxylic acids is 1. The highest BCUT2D eigenvalue weighted by atomic mass is 33.1. The number of aliphatic carboxylic acids is 1. The van der Waals surface area contributed by atoms with E-state index >= 15 is 0 Å². The van der Waals surface area contributed by atoms with E-state index in [2.05, 4.69) is 12.1 Å². The maximum absolute atomic E-state index is 10.7. The fourth-order valence-corrected chi connectivity index (χ4v) is 5.04. The van der Waals surface area contributed by atoms with Gasteiger partial charge in [0, 0.05) is 16.6 Å². The molecule has 0 saturated carbocycles. The zero-order chi connectivity index (χ0) is 17.9. The van der Waals surface area contributed by atoms with Gasteiger partial charge in [-0.05, 0) is 43.4 Å². The van der Waals surface area contributed by atoms with Crippen molar-refractivity contribution in [2.45, 2.75) is 48.7 Å². The predicted molar refractivity (Wildman–Crippen MR) is 105 cm³/mol. The van der Waals surface area contributed by atoms with Crippen LogP contribution >= 0.6 is 21.6 Å². The van der Waals surface area contributed by atoms with Crippen LogP contribution in [0.4, 0.5) is 0 Å². The number of unbranched alkanes of at least 4 members (excludes halogenated alkanes) is 1. The third-order valence-electron chi connectivity index (χ3n) is 3.70. The summed E-state index contributed by atoms with van der Waals surface area (Å²) in [7, 11) is 3.65. The molecule has 0 aromatic heterocycles. The van der Waals surface area contributed by atoms with Crippen LogP contribution in [-0.2, 0) is 11.2 Å². The van der Waals surface area contributed by atoms with E-state index in [4.69, 9.17) is 6.48 Å². The van der Waals surface area contributed by atoms with Crippen LogP contribution < -0.4 is 0 Å². The van der Waals surface area contributed by atoms with Crippen molar-refractivity contribution >= 4 is 27.6 Å². The van der Waals surface area contributed by atoms with Crippen molar-refractivity contribution in [3.05, 3.63) is 66.2 Å². The molecule has 4 heteroatoms. The average molecular weight is 363 g/mol. The molecule has 24 heavy (non-hydrogen) atoms. The highest BCUT2D eigenvalue weighted by Crippen LogP contribution is 2.38. The van der Waals surface area contributed by atoms with Crippen molar-refractivity contribution in [2.75, 3.05) is 0 Å².